The van der Waals surface area contributed by atoms with E-state index in [4.69, 9.17) is 31.5 Å². The quantitative estimate of drug-likeness (QED) is 0.300. The number of carbonyl (C=O) groups excluding carboxylic acids is 3. The second-order valence-electron chi connectivity index (χ2n) is 7.61. The molecule has 0 aliphatic carbocycles. The van der Waals surface area contributed by atoms with Crippen LogP contribution in [-0.4, -0.2) is 36.5 Å². The number of carbonyl (C=O) groups is 3. The fourth-order valence-corrected chi connectivity index (χ4v) is 3.97. The molecule has 174 valence electrons. The molecule has 3 aromatic rings. The summed E-state index contributed by atoms with van der Waals surface area (Å²) >= 11 is 5.91. The normalized spacial score (nSPS) is 14.6. The Morgan fingerprint density at radius 1 is 1.12 bits per heavy atom. The predicted molar refractivity (Wildman–Crippen MR) is 123 cm³/mol. The van der Waals surface area contributed by atoms with Crippen molar-refractivity contribution in [1.29, 1.82) is 0 Å². The molecular formula is C25H20ClNO7. The van der Waals surface area contributed by atoms with Gasteiger partial charge in [0.1, 0.15) is 11.5 Å². The van der Waals surface area contributed by atoms with E-state index in [1.165, 1.54) is 19.2 Å². The minimum Gasteiger partial charge on any atom is -0.507 e. The number of phenolic OH excluding ortho intramolecular Hbond substituents is 1. The fourth-order valence-electron chi connectivity index (χ4n) is 3.84. The molecular weight excluding hydrogens is 462 g/mol. The molecule has 0 saturated carbocycles. The number of hydrogen-bond donors (Lipinski definition) is 2. The van der Waals surface area contributed by atoms with E-state index in [1.54, 1.807) is 42.5 Å². The monoisotopic (exact) mass is 481 g/mol. The van der Waals surface area contributed by atoms with E-state index in [0.29, 0.717) is 27.5 Å². The number of rotatable bonds is 7. The van der Waals surface area contributed by atoms with Crippen LogP contribution in [0.15, 0.2) is 54.6 Å². The van der Waals surface area contributed by atoms with E-state index < -0.39 is 23.6 Å². The third-order valence-electron chi connectivity index (χ3n) is 5.43. The summed E-state index contributed by atoms with van der Waals surface area (Å²) in [6.45, 7) is -0.367. The smallest absolute Gasteiger partial charge is 0.312 e. The first-order valence-electron chi connectivity index (χ1n) is 10.2. The zero-order chi connectivity index (χ0) is 24.4. The Labute approximate surface area is 199 Å². The highest BCUT2D eigenvalue weighted by Gasteiger charge is 2.34. The molecule has 0 saturated heterocycles. The summed E-state index contributed by atoms with van der Waals surface area (Å²) in [6.07, 6.45) is -0.0826. The summed E-state index contributed by atoms with van der Waals surface area (Å²) in [5, 5.41) is 11.6. The highest BCUT2D eigenvalue weighted by atomic mass is 35.5. The summed E-state index contributed by atoms with van der Waals surface area (Å²) < 4.78 is 16.1. The lowest BCUT2D eigenvalue weighted by Gasteiger charge is -2.27. The highest BCUT2D eigenvalue weighted by molar-refractivity contribution is 6.30. The van der Waals surface area contributed by atoms with Crippen molar-refractivity contribution >= 4 is 29.3 Å². The maximum absolute atomic E-state index is 13.1. The van der Waals surface area contributed by atoms with Crippen molar-refractivity contribution in [3.63, 3.8) is 0 Å². The predicted octanol–water partition coefficient (Wildman–Crippen LogP) is 3.59. The molecule has 1 heterocycles. The van der Waals surface area contributed by atoms with Crippen molar-refractivity contribution in [1.82, 2.24) is 0 Å². The molecule has 9 heteroatoms. The minimum absolute atomic E-state index is 0.0581. The SMILES string of the molecule is COc1ccc([C@H]2CC(=O)Oc3ccc(C(=O)c4ccc(Cl)cc4)c(O)c32)cc1OCC(N)=O. The third-order valence-corrected chi connectivity index (χ3v) is 5.68. The number of primary amides is 1. The number of ether oxygens (including phenoxy) is 3. The zero-order valence-electron chi connectivity index (χ0n) is 18.0. The third kappa shape index (κ3) is 4.53. The summed E-state index contributed by atoms with van der Waals surface area (Å²) in [4.78, 5) is 36.6. The molecule has 0 spiro atoms. The van der Waals surface area contributed by atoms with Gasteiger partial charge in [0.25, 0.3) is 5.91 Å². The minimum atomic E-state index is -0.665. The van der Waals surface area contributed by atoms with Crippen LogP contribution >= 0.6 is 11.6 Å². The van der Waals surface area contributed by atoms with Crippen LogP contribution in [-0.2, 0) is 9.59 Å². The van der Waals surface area contributed by atoms with Gasteiger partial charge in [0.05, 0.1) is 19.1 Å². The number of phenols is 1. The molecule has 4 rings (SSSR count). The largest absolute Gasteiger partial charge is 0.507 e. The summed E-state index contributed by atoms with van der Waals surface area (Å²) in [6, 6.07) is 14.1. The maximum Gasteiger partial charge on any atom is 0.312 e. The molecule has 0 radical (unpaired) electrons. The van der Waals surface area contributed by atoms with Crippen molar-refractivity contribution in [2.24, 2.45) is 5.73 Å². The van der Waals surface area contributed by atoms with Gasteiger partial charge >= 0.3 is 5.97 Å². The van der Waals surface area contributed by atoms with Gasteiger partial charge in [-0.2, -0.15) is 0 Å². The van der Waals surface area contributed by atoms with Crippen LogP contribution in [0.5, 0.6) is 23.0 Å². The molecule has 1 aliphatic rings. The molecule has 0 bridgehead atoms. The van der Waals surface area contributed by atoms with Crippen molar-refractivity contribution < 1.29 is 33.7 Å². The Bertz CT molecular complexity index is 1290. The van der Waals surface area contributed by atoms with E-state index in [0.717, 1.165) is 0 Å². The molecule has 0 unspecified atom stereocenters. The average Bonchev–Trinajstić information content (AvgIpc) is 2.82. The summed E-state index contributed by atoms with van der Waals surface area (Å²) in [7, 11) is 1.44. The van der Waals surface area contributed by atoms with E-state index in [2.05, 4.69) is 0 Å². The van der Waals surface area contributed by atoms with Gasteiger partial charge < -0.3 is 25.1 Å². The van der Waals surface area contributed by atoms with E-state index >= 15 is 0 Å². The van der Waals surface area contributed by atoms with Crippen LogP contribution in [0.4, 0.5) is 0 Å². The lowest BCUT2D eigenvalue weighted by molar-refractivity contribution is -0.135. The van der Waals surface area contributed by atoms with E-state index in [-0.39, 0.29) is 35.8 Å². The van der Waals surface area contributed by atoms with E-state index in [1.807, 2.05) is 0 Å². The van der Waals surface area contributed by atoms with Gasteiger partial charge in [-0.1, -0.05) is 17.7 Å². The van der Waals surface area contributed by atoms with Crippen molar-refractivity contribution in [3.05, 3.63) is 81.9 Å². The van der Waals surface area contributed by atoms with Gasteiger partial charge in [0.15, 0.2) is 23.9 Å². The molecule has 34 heavy (non-hydrogen) atoms. The Balaban J connectivity index is 1.79. The molecule has 3 aromatic carbocycles. The number of methoxy groups -OCH3 is 1. The molecule has 0 fully saturated rings. The topological polar surface area (TPSA) is 125 Å². The van der Waals surface area contributed by atoms with Gasteiger partial charge in [-0.15, -0.1) is 0 Å². The number of aromatic hydroxyl groups is 1. The first-order chi connectivity index (χ1) is 16.3. The first kappa shape index (κ1) is 23.1. The van der Waals surface area contributed by atoms with Crippen LogP contribution in [0, 0.1) is 0 Å². The van der Waals surface area contributed by atoms with Crippen LogP contribution in [0.25, 0.3) is 0 Å². The van der Waals surface area contributed by atoms with Crippen LogP contribution in [0.1, 0.15) is 39.4 Å². The zero-order valence-corrected chi connectivity index (χ0v) is 18.8. The lowest BCUT2D eigenvalue weighted by Crippen LogP contribution is -2.22. The van der Waals surface area contributed by atoms with Gasteiger partial charge in [-0.25, -0.2) is 0 Å². The van der Waals surface area contributed by atoms with Crippen molar-refractivity contribution in [2.75, 3.05) is 13.7 Å². The Kier molecular flexibility index (Phi) is 6.43. The highest BCUT2D eigenvalue weighted by Crippen LogP contribution is 2.46. The first-order valence-corrected chi connectivity index (χ1v) is 10.6. The van der Waals surface area contributed by atoms with Gasteiger partial charge in [0, 0.05) is 22.1 Å². The molecule has 0 aromatic heterocycles. The summed E-state index contributed by atoms with van der Waals surface area (Å²) in [5.74, 6) is -1.74. The lowest BCUT2D eigenvalue weighted by atomic mass is 9.84. The Hall–Kier alpha value is -4.04. The number of halogens is 1. The number of nitrogens with two attached hydrogens (primary N) is 1. The Morgan fingerprint density at radius 3 is 2.53 bits per heavy atom. The van der Waals surface area contributed by atoms with Crippen LogP contribution in [0.2, 0.25) is 5.02 Å². The fraction of sp³-hybridized carbons (Fsp3) is 0.160. The van der Waals surface area contributed by atoms with Crippen LogP contribution < -0.4 is 19.9 Å². The molecule has 3 N–H and O–H groups in total. The average molecular weight is 482 g/mol. The number of benzene rings is 3. The second-order valence-corrected chi connectivity index (χ2v) is 8.04. The van der Waals surface area contributed by atoms with Gasteiger partial charge in [0.2, 0.25) is 0 Å². The molecule has 1 aliphatic heterocycles. The van der Waals surface area contributed by atoms with Gasteiger partial charge in [-0.3, -0.25) is 14.4 Å². The van der Waals surface area contributed by atoms with Gasteiger partial charge in [-0.05, 0) is 54.1 Å². The number of ketones is 1. The number of amides is 1. The number of hydrogen-bond acceptors (Lipinski definition) is 7. The van der Waals surface area contributed by atoms with Crippen LogP contribution in [0.3, 0.4) is 0 Å². The standard InChI is InChI=1S/C25H20ClNO7/c1-32-18-8-4-14(10-20(18)33-12-21(27)28)17-11-22(29)34-19-9-7-16(25(31)23(17)19)24(30)13-2-5-15(26)6-3-13/h2-10,17,31H,11-12H2,1H3,(H2,27,28)/t17-/m1/s1. The molecule has 1 atom stereocenters. The number of fused-ring (bicyclic) bond motifs is 1. The van der Waals surface area contributed by atoms with Crippen molar-refractivity contribution in [2.45, 2.75) is 12.3 Å². The van der Waals surface area contributed by atoms with E-state index in [9.17, 15) is 19.5 Å². The Morgan fingerprint density at radius 2 is 1.85 bits per heavy atom. The maximum atomic E-state index is 13.1. The molecule has 8 nitrogen and oxygen atoms in total. The second kappa shape index (κ2) is 9.44. The number of esters is 1. The van der Waals surface area contributed by atoms with Crippen molar-refractivity contribution in [3.8, 4) is 23.0 Å². The summed E-state index contributed by atoms with van der Waals surface area (Å²) in [5.41, 5.74) is 6.46. The molecule has 1 amide bonds.